The molecule has 0 aromatic rings. The van der Waals surface area contributed by atoms with Gasteiger partial charge in [0, 0.05) is 0 Å². The van der Waals surface area contributed by atoms with E-state index in [1.165, 1.54) is 0 Å². The highest BCUT2D eigenvalue weighted by Gasteiger charge is 2.43. The zero-order valence-electron chi connectivity index (χ0n) is 16.8. The Morgan fingerprint density at radius 1 is 0.615 bits per heavy atom. The van der Waals surface area contributed by atoms with Crippen LogP contribution in [0.5, 0.6) is 0 Å². The fourth-order valence-electron chi connectivity index (χ4n) is 3.21. The third-order valence-corrected chi connectivity index (χ3v) is 4.84. The van der Waals surface area contributed by atoms with Crippen LogP contribution in [-0.2, 0) is 9.47 Å². The summed E-state index contributed by atoms with van der Waals surface area (Å²) in [4.78, 5) is 0. The van der Waals surface area contributed by atoms with E-state index in [0.717, 1.165) is 0 Å². The first-order chi connectivity index (χ1) is 11.7. The molecule has 2 aliphatic heterocycles. The molecule has 8 nitrogen and oxygen atoms in total. The van der Waals surface area contributed by atoms with Gasteiger partial charge in [0.05, 0.1) is 49.7 Å². The molecule has 0 saturated carbocycles. The second-order valence-corrected chi connectivity index (χ2v) is 9.53. The monoisotopic (exact) mass is 378 g/mol. The van der Waals surface area contributed by atoms with E-state index < -0.39 is 36.5 Å². The van der Waals surface area contributed by atoms with Gasteiger partial charge in [-0.15, -0.1) is 0 Å². The first kappa shape index (κ1) is 23.7. The molecule has 156 valence electrons. The SMILES string of the molecule is CC(C)(C)C1OCC(N)C(O)C1O.CC(C)(C)C1OCC(N)C(O)C1O. The molecule has 8 N–H and O–H groups in total. The van der Waals surface area contributed by atoms with Crippen molar-refractivity contribution >= 4 is 0 Å². The molecule has 0 aromatic heterocycles. The Morgan fingerprint density at radius 3 is 1.12 bits per heavy atom. The van der Waals surface area contributed by atoms with Crippen LogP contribution in [0.25, 0.3) is 0 Å². The first-order valence-electron chi connectivity index (χ1n) is 9.14. The highest BCUT2D eigenvalue weighted by molar-refractivity contribution is 4.94. The van der Waals surface area contributed by atoms with Gasteiger partial charge in [-0.25, -0.2) is 0 Å². The molecule has 2 saturated heterocycles. The van der Waals surface area contributed by atoms with Crippen molar-refractivity contribution in [1.29, 1.82) is 0 Å². The van der Waals surface area contributed by atoms with E-state index in [0.29, 0.717) is 13.2 Å². The van der Waals surface area contributed by atoms with Crippen LogP contribution in [-0.4, -0.2) is 82.3 Å². The molecular weight excluding hydrogens is 340 g/mol. The summed E-state index contributed by atoms with van der Waals surface area (Å²) in [6.45, 7) is 12.4. The normalized spacial score (nSPS) is 42.0. The summed E-state index contributed by atoms with van der Waals surface area (Å²) in [5.41, 5.74) is 10.7. The van der Waals surface area contributed by atoms with Gasteiger partial charge >= 0.3 is 0 Å². The van der Waals surface area contributed by atoms with Gasteiger partial charge in [-0.1, -0.05) is 41.5 Å². The second-order valence-electron chi connectivity index (χ2n) is 9.53. The molecule has 2 aliphatic rings. The van der Waals surface area contributed by atoms with Gasteiger partial charge in [0.1, 0.15) is 12.2 Å². The van der Waals surface area contributed by atoms with E-state index in [1.807, 2.05) is 41.5 Å². The summed E-state index contributed by atoms with van der Waals surface area (Å²) in [6.07, 6.45) is -4.21. The topological polar surface area (TPSA) is 151 Å². The molecule has 0 amide bonds. The Bertz CT molecular complexity index is 396. The van der Waals surface area contributed by atoms with Gasteiger partial charge in [0.2, 0.25) is 0 Å². The van der Waals surface area contributed by atoms with Crippen LogP contribution in [0, 0.1) is 10.8 Å². The second kappa shape index (κ2) is 8.79. The molecule has 0 aromatic carbocycles. The summed E-state index contributed by atoms with van der Waals surface area (Å²) in [5, 5.41) is 38.4. The molecule has 2 fully saturated rings. The fraction of sp³-hybridized carbons (Fsp3) is 1.00. The average molecular weight is 379 g/mol. The van der Waals surface area contributed by atoms with E-state index in [1.54, 1.807) is 0 Å². The van der Waals surface area contributed by atoms with Crippen molar-refractivity contribution in [3.05, 3.63) is 0 Å². The summed E-state index contributed by atoms with van der Waals surface area (Å²) < 4.78 is 10.8. The Labute approximate surface area is 156 Å². The van der Waals surface area contributed by atoms with Crippen LogP contribution < -0.4 is 11.5 Å². The smallest absolute Gasteiger partial charge is 0.108 e. The molecule has 0 radical (unpaired) electrons. The Balaban J connectivity index is 0.000000260. The maximum absolute atomic E-state index is 9.69. The lowest BCUT2D eigenvalue weighted by Gasteiger charge is -2.42. The van der Waals surface area contributed by atoms with Gasteiger partial charge in [-0.2, -0.15) is 0 Å². The summed E-state index contributed by atoms with van der Waals surface area (Å²) in [5.74, 6) is 0. The number of rotatable bonds is 0. The number of hydrogen-bond acceptors (Lipinski definition) is 8. The van der Waals surface area contributed by atoms with Crippen LogP contribution in [0.15, 0.2) is 0 Å². The standard InChI is InChI=1S/2C9H19NO3/c2*1-9(2,3)8-7(12)6(11)5(10)4-13-8/h2*5-8,11-12H,4,10H2,1-3H3. The van der Waals surface area contributed by atoms with Crippen LogP contribution in [0.1, 0.15) is 41.5 Å². The molecule has 8 atom stereocenters. The lowest BCUT2D eigenvalue weighted by molar-refractivity contribution is -0.176. The third-order valence-electron chi connectivity index (χ3n) is 4.84. The maximum atomic E-state index is 9.69. The van der Waals surface area contributed by atoms with Gasteiger partial charge in [0.25, 0.3) is 0 Å². The quantitative estimate of drug-likeness (QED) is 0.313. The predicted molar refractivity (Wildman–Crippen MR) is 98.4 cm³/mol. The molecule has 8 unspecified atom stereocenters. The van der Waals surface area contributed by atoms with Crippen molar-refractivity contribution < 1.29 is 29.9 Å². The molecule has 2 heterocycles. The molecule has 0 spiro atoms. The Morgan fingerprint density at radius 2 is 0.885 bits per heavy atom. The summed E-state index contributed by atoms with van der Waals surface area (Å²) in [6, 6.07) is -0.956. The van der Waals surface area contributed by atoms with Gasteiger partial charge in [0.15, 0.2) is 0 Å². The first-order valence-corrected chi connectivity index (χ1v) is 9.14. The molecule has 8 heteroatoms. The lowest BCUT2D eigenvalue weighted by Crippen LogP contribution is -2.59. The highest BCUT2D eigenvalue weighted by Crippen LogP contribution is 2.30. The lowest BCUT2D eigenvalue weighted by atomic mass is 9.81. The Kier molecular flexibility index (Phi) is 8.02. The van der Waals surface area contributed by atoms with Crippen LogP contribution in [0.3, 0.4) is 0 Å². The van der Waals surface area contributed by atoms with E-state index in [9.17, 15) is 20.4 Å². The van der Waals surface area contributed by atoms with Gasteiger partial charge < -0.3 is 41.4 Å². The minimum atomic E-state index is -0.885. The predicted octanol–water partition coefficient (Wildman–Crippen LogP) is -1.04. The average Bonchev–Trinajstić information content (AvgIpc) is 2.48. The van der Waals surface area contributed by atoms with Crippen molar-refractivity contribution in [2.45, 2.75) is 90.2 Å². The zero-order chi connectivity index (χ0) is 20.4. The molecule has 0 bridgehead atoms. The zero-order valence-corrected chi connectivity index (χ0v) is 16.8. The van der Waals surface area contributed by atoms with Crippen LogP contribution >= 0.6 is 0 Å². The van der Waals surface area contributed by atoms with Crippen molar-refractivity contribution in [1.82, 2.24) is 0 Å². The van der Waals surface area contributed by atoms with Gasteiger partial charge in [-0.3, -0.25) is 0 Å². The third kappa shape index (κ3) is 5.84. The van der Waals surface area contributed by atoms with Gasteiger partial charge in [-0.05, 0) is 10.8 Å². The highest BCUT2D eigenvalue weighted by atomic mass is 16.5. The number of ether oxygens (including phenoxy) is 2. The minimum Gasteiger partial charge on any atom is -0.389 e. The van der Waals surface area contributed by atoms with Crippen molar-refractivity contribution in [3.63, 3.8) is 0 Å². The largest absolute Gasteiger partial charge is 0.389 e. The van der Waals surface area contributed by atoms with E-state index in [4.69, 9.17) is 20.9 Å². The van der Waals surface area contributed by atoms with E-state index >= 15 is 0 Å². The van der Waals surface area contributed by atoms with Crippen LogP contribution in [0.4, 0.5) is 0 Å². The summed E-state index contributed by atoms with van der Waals surface area (Å²) in [7, 11) is 0. The molecule has 0 aliphatic carbocycles. The number of hydrogen-bond donors (Lipinski definition) is 6. The number of aliphatic hydroxyl groups is 4. The number of aliphatic hydroxyl groups excluding tert-OH is 4. The molecular formula is C18H38N2O6. The van der Waals surface area contributed by atoms with Crippen molar-refractivity contribution in [3.8, 4) is 0 Å². The fourth-order valence-corrected chi connectivity index (χ4v) is 3.21. The van der Waals surface area contributed by atoms with Crippen LogP contribution in [0.2, 0.25) is 0 Å². The number of nitrogens with two attached hydrogens (primary N) is 2. The Hall–Kier alpha value is -0.320. The van der Waals surface area contributed by atoms with Crippen molar-refractivity contribution in [2.24, 2.45) is 22.3 Å². The molecule has 2 rings (SSSR count). The summed E-state index contributed by atoms with van der Waals surface area (Å²) >= 11 is 0. The van der Waals surface area contributed by atoms with E-state index in [2.05, 4.69) is 0 Å². The van der Waals surface area contributed by atoms with E-state index in [-0.39, 0.29) is 23.0 Å². The molecule has 26 heavy (non-hydrogen) atoms. The maximum Gasteiger partial charge on any atom is 0.108 e. The van der Waals surface area contributed by atoms with Crippen molar-refractivity contribution in [2.75, 3.05) is 13.2 Å². The minimum absolute atomic E-state index is 0.180.